The third-order valence-electron chi connectivity index (χ3n) is 2.02. The van der Waals surface area contributed by atoms with Crippen molar-refractivity contribution in [2.75, 3.05) is 7.11 Å². The van der Waals surface area contributed by atoms with Gasteiger partial charge in [-0.3, -0.25) is 4.79 Å². The summed E-state index contributed by atoms with van der Waals surface area (Å²) in [5.41, 5.74) is -1.43. The largest absolute Gasteiger partial charge is 0.468 e. The van der Waals surface area contributed by atoms with E-state index in [9.17, 15) is 9.90 Å². The molecule has 0 heterocycles. The van der Waals surface area contributed by atoms with Crippen molar-refractivity contribution in [3.63, 3.8) is 0 Å². The molecule has 1 aliphatic rings. The first-order chi connectivity index (χ1) is 6.64. The Morgan fingerprint density at radius 2 is 2.29 bits per heavy atom. The van der Waals surface area contributed by atoms with E-state index in [-0.39, 0.29) is 0 Å². The SMILES string of the molecule is CC#C[C@@]1(O)C=CC=C[C@H]1C(=O)OC. The Morgan fingerprint density at radius 1 is 1.57 bits per heavy atom. The Kier molecular flexibility index (Phi) is 3.10. The van der Waals surface area contributed by atoms with E-state index in [4.69, 9.17) is 0 Å². The summed E-state index contributed by atoms with van der Waals surface area (Å²) in [6.45, 7) is 1.61. The molecule has 0 fully saturated rings. The number of allylic oxidation sites excluding steroid dienone is 2. The smallest absolute Gasteiger partial charge is 0.316 e. The minimum absolute atomic E-state index is 0.490. The van der Waals surface area contributed by atoms with Crippen molar-refractivity contribution in [2.24, 2.45) is 5.92 Å². The topological polar surface area (TPSA) is 46.5 Å². The summed E-state index contributed by atoms with van der Waals surface area (Å²) in [4.78, 5) is 11.3. The molecule has 0 aliphatic heterocycles. The first kappa shape index (κ1) is 10.6. The molecule has 74 valence electrons. The van der Waals surface area contributed by atoms with Gasteiger partial charge in [0.1, 0.15) is 5.92 Å². The van der Waals surface area contributed by atoms with Crippen LogP contribution in [0.5, 0.6) is 0 Å². The highest BCUT2D eigenvalue weighted by Gasteiger charge is 2.38. The molecule has 0 saturated heterocycles. The van der Waals surface area contributed by atoms with E-state index in [1.54, 1.807) is 25.2 Å². The molecule has 0 saturated carbocycles. The van der Waals surface area contributed by atoms with Gasteiger partial charge in [0.2, 0.25) is 0 Å². The fraction of sp³-hybridized carbons (Fsp3) is 0.364. The quantitative estimate of drug-likeness (QED) is 0.490. The van der Waals surface area contributed by atoms with E-state index < -0.39 is 17.5 Å². The van der Waals surface area contributed by atoms with Crippen LogP contribution in [-0.2, 0) is 9.53 Å². The van der Waals surface area contributed by atoms with Gasteiger partial charge in [-0.25, -0.2) is 0 Å². The highest BCUT2D eigenvalue weighted by Crippen LogP contribution is 2.25. The first-order valence-electron chi connectivity index (χ1n) is 4.24. The Hall–Kier alpha value is -1.53. The van der Waals surface area contributed by atoms with Crippen LogP contribution in [0.15, 0.2) is 24.3 Å². The molecule has 2 atom stereocenters. The number of aliphatic hydroxyl groups is 1. The second-order valence-electron chi connectivity index (χ2n) is 2.95. The molecule has 0 aromatic rings. The summed E-state index contributed by atoms with van der Waals surface area (Å²) in [5, 5.41) is 10.0. The van der Waals surface area contributed by atoms with Gasteiger partial charge in [0.05, 0.1) is 7.11 Å². The number of methoxy groups -OCH3 is 1. The zero-order chi connectivity index (χ0) is 10.6. The summed E-state index contributed by atoms with van der Waals surface area (Å²) < 4.78 is 4.58. The molecule has 1 rings (SSSR count). The van der Waals surface area contributed by atoms with E-state index in [0.717, 1.165) is 0 Å². The lowest BCUT2D eigenvalue weighted by Crippen LogP contribution is -2.40. The Balaban J connectivity index is 3.01. The average molecular weight is 192 g/mol. The van der Waals surface area contributed by atoms with Crippen molar-refractivity contribution in [2.45, 2.75) is 12.5 Å². The van der Waals surface area contributed by atoms with Crippen molar-refractivity contribution in [3.05, 3.63) is 24.3 Å². The van der Waals surface area contributed by atoms with Crippen molar-refractivity contribution < 1.29 is 14.6 Å². The Labute approximate surface area is 83.1 Å². The number of carbonyl (C=O) groups excluding carboxylic acids is 1. The molecule has 0 spiro atoms. The third kappa shape index (κ3) is 1.86. The molecule has 0 amide bonds. The lowest BCUT2D eigenvalue weighted by molar-refractivity contribution is -0.147. The fourth-order valence-corrected chi connectivity index (χ4v) is 1.33. The predicted molar refractivity (Wildman–Crippen MR) is 52.2 cm³/mol. The number of rotatable bonds is 1. The molecule has 0 unspecified atom stereocenters. The molecule has 3 heteroatoms. The summed E-state index contributed by atoms with van der Waals surface area (Å²) in [7, 11) is 1.29. The van der Waals surface area contributed by atoms with Crippen LogP contribution in [0.2, 0.25) is 0 Å². The number of hydrogen-bond acceptors (Lipinski definition) is 3. The second kappa shape index (κ2) is 4.12. The van der Waals surface area contributed by atoms with Crippen LogP contribution in [0, 0.1) is 17.8 Å². The molecule has 0 radical (unpaired) electrons. The van der Waals surface area contributed by atoms with Gasteiger partial charge in [-0.05, 0) is 13.0 Å². The van der Waals surface area contributed by atoms with Crippen LogP contribution >= 0.6 is 0 Å². The zero-order valence-electron chi connectivity index (χ0n) is 8.15. The van der Waals surface area contributed by atoms with Gasteiger partial charge in [-0.1, -0.05) is 24.1 Å². The molecule has 0 aromatic carbocycles. The molecule has 3 nitrogen and oxygen atoms in total. The molecule has 1 aliphatic carbocycles. The summed E-state index contributed by atoms with van der Waals surface area (Å²) >= 11 is 0. The van der Waals surface area contributed by atoms with Gasteiger partial charge in [0.15, 0.2) is 5.60 Å². The van der Waals surface area contributed by atoms with Crippen molar-refractivity contribution in [1.82, 2.24) is 0 Å². The number of esters is 1. The van der Waals surface area contributed by atoms with E-state index in [0.29, 0.717) is 0 Å². The number of hydrogen-bond donors (Lipinski definition) is 1. The third-order valence-corrected chi connectivity index (χ3v) is 2.02. The molecular formula is C11H12O3. The molecule has 0 bridgehead atoms. The van der Waals surface area contributed by atoms with Gasteiger partial charge in [-0.15, -0.1) is 5.92 Å². The maximum Gasteiger partial charge on any atom is 0.316 e. The normalized spacial score (nSPS) is 29.2. The Morgan fingerprint density at radius 3 is 2.86 bits per heavy atom. The molecule has 0 aromatic heterocycles. The van der Waals surface area contributed by atoms with Gasteiger partial charge in [0, 0.05) is 0 Å². The maximum absolute atomic E-state index is 11.3. The van der Waals surface area contributed by atoms with Crippen molar-refractivity contribution >= 4 is 5.97 Å². The van der Waals surface area contributed by atoms with Gasteiger partial charge in [0.25, 0.3) is 0 Å². The minimum Gasteiger partial charge on any atom is -0.468 e. The average Bonchev–Trinajstić information content (AvgIpc) is 2.17. The maximum atomic E-state index is 11.3. The van der Waals surface area contributed by atoms with E-state index >= 15 is 0 Å². The monoisotopic (exact) mass is 192 g/mol. The zero-order valence-corrected chi connectivity index (χ0v) is 8.15. The van der Waals surface area contributed by atoms with Crippen LogP contribution in [0.4, 0.5) is 0 Å². The minimum atomic E-state index is -1.43. The molecular weight excluding hydrogens is 180 g/mol. The van der Waals surface area contributed by atoms with Crippen LogP contribution in [0.25, 0.3) is 0 Å². The highest BCUT2D eigenvalue weighted by atomic mass is 16.5. The van der Waals surface area contributed by atoms with E-state index in [2.05, 4.69) is 16.6 Å². The van der Waals surface area contributed by atoms with Crippen LogP contribution in [0.1, 0.15) is 6.92 Å². The van der Waals surface area contributed by atoms with Crippen molar-refractivity contribution in [3.8, 4) is 11.8 Å². The van der Waals surface area contributed by atoms with E-state index in [1.807, 2.05) is 0 Å². The van der Waals surface area contributed by atoms with Crippen molar-refractivity contribution in [1.29, 1.82) is 0 Å². The summed E-state index contributed by atoms with van der Waals surface area (Å²) in [6, 6.07) is 0. The number of ether oxygens (including phenoxy) is 1. The standard InChI is InChI=1S/C11H12O3/c1-3-7-11(13)8-5-4-6-9(11)10(12)14-2/h4-6,8-9,13H,1-2H3/t9-,11+/m0/s1. The summed E-state index contributed by atoms with van der Waals surface area (Å²) in [6.07, 6.45) is 6.42. The fourth-order valence-electron chi connectivity index (χ4n) is 1.33. The first-order valence-corrected chi connectivity index (χ1v) is 4.24. The van der Waals surface area contributed by atoms with Crippen LogP contribution in [0.3, 0.4) is 0 Å². The number of carbonyl (C=O) groups is 1. The summed E-state index contributed by atoms with van der Waals surface area (Å²) in [5.74, 6) is 3.95. The van der Waals surface area contributed by atoms with E-state index in [1.165, 1.54) is 13.2 Å². The predicted octanol–water partition coefficient (Wildman–Crippen LogP) is 0.656. The van der Waals surface area contributed by atoms with Gasteiger partial charge < -0.3 is 9.84 Å². The highest BCUT2D eigenvalue weighted by molar-refractivity contribution is 5.78. The Bertz CT molecular complexity index is 343. The van der Waals surface area contributed by atoms with Gasteiger partial charge >= 0.3 is 5.97 Å². The molecule has 14 heavy (non-hydrogen) atoms. The second-order valence-corrected chi connectivity index (χ2v) is 2.95. The van der Waals surface area contributed by atoms with Crippen LogP contribution in [-0.4, -0.2) is 23.8 Å². The lowest BCUT2D eigenvalue weighted by atomic mass is 9.84. The van der Waals surface area contributed by atoms with Crippen LogP contribution < -0.4 is 0 Å². The molecule has 1 N–H and O–H groups in total. The van der Waals surface area contributed by atoms with Gasteiger partial charge in [-0.2, -0.15) is 0 Å². The lowest BCUT2D eigenvalue weighted by Gasteiger charge is -2.26.